The number of halogens is 1. The Morgan fingerprint density at radius 3 is 2.31 bits per heavy atom. The Bertz CT molecular complexity index is 999. The lowest BCUT2D eigenvalue weighted by atomic mass is 10.2. The number of hydrogen-bond donors (Lipinski definition) is 2. The van der Waals surface area contributed by atoms with Gasteiger partial charge in [-0.25, -0.2) is 4.98 Å². The number of amides is 2. The van der Waals surface area contributed by atoms with Gasteiger partial charge in [0.15, 0.2) is 5.13 Å². The molecule has 1 aromatic heterocycles. The van der Waals surface area contributed by atoms with Gasteiger partial charge in [-0.3, -0.25) is 14.9 Å². The van der Waals surface area contributed by atoms with Gasteiger partial charge in [-0.05, 0) is 29.8 Å². The van der Waals surface area contributed by atoms with Gasteiger partial charge in [-0.15, -0.1) is 11.3 Å². The molecule has 3 aromatic rings. The molecule has 0 fully saturated rings. The standard InChI is InChI=1S/C20H18ClN3O4S/c1-27-15-7-13(8-16(9-15)28-2)18(25)24-20-23-17(11-29-20)19(26)22-10-12-3-5-14(21)6-4-12/h3-9,11H,10H2,1-2H3,(H,22,26)(H,23,24,25). The molecule has 0 spiro atoms. The quantitative estimate of drug-likeness (QED) is 0.590. The van der Waals surface area contributed by atoms with Crippen molar-refractivity contribution in [3.8, 4) is 11.5 Å². The first-order valence-corrected chi connectivity index (χ1v) is 9.77. The molecule has 1 heterocycles. The molecule has 2 aromatic carbocycles. The number of thiazole rings is 1. The van der Waals surface area contributed by atoms with Gasteiger partial charge in [-0.1, -0.05) is 23.7 Å². The molecule has 0 aliphatic rings. The number of carbonyl (C=O) groups excluding carboxylic acids is 2. The zero-order valence-electron chi connectivity index (χ0n) is 15.7. The number of carbonyl (C=O) groups is 2. The van der Waals surface area contributed by atoms with Crippen LogP contribution in [0.5, 0.6) is 11.5 Å². The number of aromatic nitrogens is 1. The van der Waals surface area contributed by atoms with Crippen LogP contribution in [0.2, 0.25) is 5.02 Å². The van der Waals surface area contributed by atoms with Crippen molar-refractivity contribution in [1.82, 2.24) is 10.3 Å². The van der Waals surface area contributed by atoms with E-state index < -0.39 is 0 Å². The molecular weight excluding hydrogens is 414 g/mol. The Morgan fingerprint density at radius 2 is 1.69 bits per heavy atom. The average Bonchev–Trinajstić information content (AvgIpc) is 3.21. The Labute approximate surface area is 176 Å². The molecule has 7 nitrogen and oxygen atoms in total. The highest BCUT2D eigenvalue weighted by Crippen LogP contribution is 2.24. The van der Waals surface area contributed by atoms with Gasteiger partial charge in [0.05, 0.1) is 14.2 Å². The molecule has 0 unspecified atom stereocenters. The predicted molar refractivity (Wildman–Crippen MR) is 112 cm³/mol. The van der Waals surface area contributed by atoms with Crippen molar-refractivity contribution in [3.63, 3.8) is 0 Å². The van der Waals surface area contributed by atoms with Gasteiger partial charge in [-0.2, -0.15) is 0 Å². The highest BCUT2D eigenvalue weighted by atomic mass is 35.5. The summed E-state index contributed by atoms with van der Waals surface area (Å²) in [7, 11) is 3.01. The summed E-state index contributed by atoms with van der Waals surface area (Å²) in [4.78, 5) is 29.0. The fourth-order valence-corrected chi connectivity index (χ4v) is 3.23. The van der Waals surface area contributed by atoms with Crippen LogP contribution in [0.15, 0.2) is 47.8 Å². The molecule has 0 aliphatic heterocycles. The molecule has 0 saturated heterocycles. The van der Waals surface area contributed by atoms with Crippen molar-refractivity contribution in [3.05, 3.63) is 69.7 Å². The first-order valence-electron chi connectivity index (χ1n) is 8.51. The lowest BCUT2D eigenvalue weighted by Gasteiger charge is -2.08. The maximum atomic E-state index is 12.5. The first kappa shape index (κ1) is 20.6. The van der Waals surface area contributed by atoms with E-state index in [0.29, 0.717) is 33.8 Å². The van der Waals surface area contributed by atoms with E-state index in [2.05, 4.69) is 15.6 Å². The minimum absolute atomic E-state index is 0.225. The monoisotopic (exact) mass is 431 g/mol. The molecule has 0 saturated carbocycles. The largest absolute Gasteiger partial charge is 0.497 e. The van der Waals surface area contributed by atoms with Crippen LogP contribution >= 0.6 is 22.9 Å². The van der Waals surface area contributed by atoms with E-state index in [1.807, 2.05) is 12.1 Å². The first-order chi connectivity index (χ1) is 14.0. The Kier molecular flexibility index (Phi) is 6.69. The second-order valence-electron chi connectivity index (χ2n) is 5.90. The molecule has 29 heavy (non-hydrogen) atoms. The molecule has 0 aliphatic carbocycles. The van der Waals surface area contributed by atoms with Crippen LogP contribution in [0.1, 0.15) is 26.4 Å². The third kappa shape index (κ3) is 5.46. The van der Waals surface area contributed by atoms with Crippen molar-refractivity contribution >= 4 is 39.9 Å². The van der Waals surface area contributed by atoms with Crippen molar-refractivity contribution in [1.29, 1.82) is 0 Å². The summed E-state index contributed by atoms with van der Waals surface area (Å²) in [6.07, 6.45) is 0. The van der Waals surface area contributed by atoms with Gasteiger partial charge in [0.1, 0.15) is 17.2 Å². The van der Waals surface area contributed by atoms with Crippen LogP contribution in [0, 0.1) is 0 Å². The maximum Gasteiger partial charge on any atom is 0.271 e. The molecule has 9 heteroatoms. The smallest absolute Gasteiger partial charge is 0.271 e. The van der Waals surface area contributed by atoms with Crippen LogP contribution in [0.3, 0.4) is 0 Å². The SMILES string of the molecule is COc1cc(OC)cc(C(=O)Nc2nc(C(=O)NCc3ccc(Cl)cc3)cs2)c1. The van der Waals surface area contributed by atoms with E-state index in [1.54, 1.807) is 35.7 Å². The van der Waals surface area contributed by atoms with Gasteiger partial charge in [0.25, 0.3) is 11.8 Å². The zero-order chi connectivity index (χ0) is 20.8. The van der Waals surface area contributed by atoms with Gasteiger partial charge >= 0.3 is 0 Å². The van der Waals surface area contributed by atoms with Crippen LogP contribution < -0.4 is 20.1 Å². The predicted octanol–water partition coefficient (Wildman–Crippen LogP) is 4.00. The molecule has 2 N–H and O–H groups in total. The van der Waals surface area contributed by atoms with Gasteiger partial charge in [0, 0.05) is 28.6 Å². The molecule has 2 amide bonds. The molecule has 0 bridgehead atoms. The zero-order valence-corrected chi connectivity index (χ0v) is 17.3. The third-order valence-corrected chi connectivity index (χ3v) is 4.95. The number of nitrogens with one attached hydrogen (secondary N) is 2. The Balaban J connectivity index is 1.63. The fraction of sp³-hybridized carbons (Fsp3) is 0.150. The van der Waals surface area contributed by atoms with Crippen molar-refractivity contribution in [2.75, 3.05) is 19.5 Å². The summed E-state index contributed by atoms with van der Waals surface area (Å²) in [6, 6.07) is 12.0. The molecule has 150 valence electrons. The van der Waals surface area contributed by atoms with Crippen molar-refractivity contribution < 1.29 is 19.1 Å². The number of anilines is 1. The lowest BCUT2D eigenvalue weighted by molar-refractivity contribution is 0.0945. The minimum Gasteiger partial charge on any atom is -0.497 e. The molecule has 0 atom stereocenters. The van der Waals surface area contributed by atoms with Crippen LogP contribution in [0.25, 0.3) is 0 Å². The summed E-state index contributed by atoms with van der Waals surface area (Å²) in [6.45, 7) is 0.346. The number of rotatable bonds is 7. The van der Waals surface area contributed by atoms with E-state index in [0.717, 1.165) is 16.9 Å². The summed E-state index contributed by atoms with van der Waals surface area (Å²) >= 11 is 7.01. The Morgan fingerprint density at radius 1 is 1.03 bits per heavy atom. The van der Waals surface area contributed by atoms with Crippen molar-refractivity contribution in [2.24, 2.45) is 0 Å². The molecular formula is C20H18ClN3O4S. The fourth-order valence-electron chi connectivity index (χ4n) is 2.42. The van der Waals surface area contributed by atoms with E-state index in [-0.39, 0.29) is 17.5 Å². The van der Waals surface area contributed by atoms with Crippen LogP contribution in [-0.4, -0.2) is 31.0 Å². The van der Waals surface area contributed by atoms with Gasteiger partial charge < -0.3 is 14.8 Å². The lowest BCUT2D eigenvalue weighted by Crippen LogP contribution is -2.23. The second-order valence-corrected chi connectivity index (χ2v) is 7.20. The average molecular weight is 432 g/mol. The maximum absolute atomic E-state index is 12.5. The van der Waals surface area contributed by atoms with Gasteiger partial charge in [0.2, 0.25) is 0 Å². The minimum atomic E-state index is -0.385. The highest BCUT2D eigenvalue weighted by molar-refractivity contribution is 7.14. The van der Waals surface area contributed by atoms with E-state index in [4.69, 9.17) is 21.1 Å². The van der Waals surface area contributed by atoms with E-state index in [1.165, 1.54) is 14.2 Å². The third-order valence-electron chi connectivity index (χ3n) is 3.94. The number of nitrogens with zero attached hydrogens (tertiary/aromatic N) is 1. The highest BCUT2D eigenvalue weighted by Gasteiger charge is 2.15. The molecule has 0 radical (unpaired) electrons. The Hall–Kier alpha value is -3.10. The number of hydrogen-bond acceptors (Lipinski definition) is 6. The number of methoxy groups -OCH3 is 2. The van der Waals surface area contributed by atoms with Crippen molar-refractivity contribution in [2.45, 2.75) is 6.54 Å². The summed E-state index contributed by atoms with van der Waals surface area (Å²) < 4.78 is 10.3. The summed E-state index contributed by atoms with van der Waals surface area (Å²) in [5, 5.41) is 7.99. The summed E-state index contributed by atoms with van der Waals surface area (Å²) in [5.41, 5.74) is 1.49. The normalized spacial score (nSPS) is 10.3. The number of benzene rings is 2. The molecule has 3 rings (SSSR count). The summed E-state index contributed by atoms with van der Waals surface area (Å²) in [5.74, 6) is 0.274. The number of ether oxygens (including phenoxy) is 2. The van der Waals surface area contributed by atoms with Crippen LogP contribution in [-0.2, 0) is 6.54 Å². The topological polar surface area (TPSA) is 89.6 Å². The van der Waals surface area contributed by atoms with E-state index in [9.17, 15) is 9.59 Å². The second kappa shape index (κ2) is 9.40. The van der Waals surface area contributed by atoms with E-state index >= 15 is 0 Å². The van der Waals surface area contributed by atoms with Crippen LogP contribution in [0.4, 0.5) is 5.13 Å².